The Morgan fingerprint density at radius 3 is 2.47 bits per heavy atom. The maximum atomic E-state index is 3.52. The quantitative estimate of drug-likeness (QED) is 0.765. The first-order valence-corrected chi connectivity index (χ1v) is 6.65. The van der Waals surface area contributed by atoms with Crippen molar-refractivity contribution < 1.29 is 0 Å². The molecule has 2 aliphatic rings. The average Bonchev–Trinajstić information content (AvgIpc) is 3.11. The minimum absolute atomic E-state index is 0.735. The van der Waals surface area contributed by atoms with Crippen molar-refractivity contribution >= 4 is 0 Å². The third kappa shape index (κ3) is 2.54. The number of hydrogen-bond donors (Lipinski definition) is 1. The smallest absolute Gasteiger partial charge is 0.0251 e. The number of nitrogens with zero attached hydrogens (tertiary/aromatic N) is 1. The maximum Gasteiger partial charge on any atom is 0.0251 e. The van der Waals surface area contributed by atoms with Gasteiger partial charge in [0.05, 0.1) is 0 Å². The zero-order valence-electron chi connectivity index (χ0n) is 10.5. The minimum Gasteiger partial charge on any atom is -0.315 e. The van der Waals surface area contributed by atoms with E-state index in [-0.39, 0.29) is 0 Å². The van der Waals surface area contributed by atoms with Crippen molar-refractivity contribution in [1.82, 2.24) is 10.2 Å². The summed E-state index contributed by atoms with van der Waals surface area (Å²) < 4.78 is 0. The first kappa shape index (κ1) is 11.4. The summed E-state index contributed by atoms with van der Waals surface area (Å²) in [6.45, 7) is 2.35. The molecule has 0 heterocycles. The molecule has 0 amide bonds. The van der Waals surface area contributed by atoms with E-state index in [4.69, 9.17) is 0 Å². The predicted octanol–water partition coefficient (Wildman–Crippen LogP) is 2.25. The SMILES string of the molecule is CCC1CCC(NC)C(N(C)C2CC2)C1. The number of likely N-dealkylation sites (N-methyl/N-ethyl adjacent to an activating group) is 2. The van der Waals surface area contributed by atoms with Crippen molar-refractivity contribution in [2.24, 2.45) is 5.92 Å². The standard InChI is InChI=1S/C13H26N2/c1-4-10-5-8-12(14-2)13(9-10)15(3)11-6-7-11/h10-14H,4-9H2,1-3H3. The first-order chi connectivity index (χ1) is 7.26. The van der Waals surface area contributed by atoms with Gasteiger partial charge in [-0.3, -0.25) is 4.90 Å². The van der Waals surface area contributed by atoms with E-state index in [0.29, 0.717) is 0 Å². The largest absolute Gasteiger partial charge is 0.315 e. The number of rotatable bonds is 4. The van der Waals surface area contributed by atoms with Crippen LogP contribution in [0.2, 0.25) is 0 Å². The molecule has 0 spiro atoms. The lowest BCUT2D eigenvalue weighted by atomic mass is 9.80. The van der Waals surface area contributed by atoms with Crippen LogP contribution in [-0.4, -0.2) is 37.1 Å². The molecule has 15 heavy (non-hydrogen) atoms. The second-order valence-electron chi connectivity index (χ2n) is 5.45. The Hall–Kier alpha value is -0.0800. The molecule has 0 aliphatic heterocycles. The van der Waals surface area contributed by atoms with Crippen LogP contribution < -0.4 is 5.32 Å². The molecule has 3 atom stereocenters. The van der Waals surface area contributed by atoms with Gasteiger partial charge in [0.15, 0.2) is 0 Å². The third-order valence-corrected chi connectivity index (χ3v) is 4.52. The van der Waals surface area contributed by atoms with E-state index in [9.17, 15) is 0 Å². The Balaban J connectivity index is 1.96. The Bertz CT molecular complexity index is 199. The summed E-state index contributed by atoms with van der Waals surface area (Å²) >= 11 is 0. The highest BCUT2D eigenvalue weighted by atomic mass is 15.2. The molecule has 0 bridgehead atoms. The van der Waals surface area contributed by atoms with Crippen LogP contribution in [0.4, 0.5) is 0 Å². The van der Waals surface area contributed by atoms with Gasteiger partial charge in [-0.15, -0.1) is 0 Å². The van der Waals surface area contributed by atoms with Crippen molar-refractivity contribution in [2.75, 3.05) is 14.1 Å². The summed E-state index contributed by atoms with van der Waals surface area (Å²) in [4.78, 5) is 2.66. The van der Waals surface area contributed by atoms with E-state index in [1.54, 1.807) is 0 Å². The van der Waals surface area contributed by atoms with Gasteiger partial charge in [-0.05, 0) is 52.1 Å². The van der Waals surface area contributed by atoms with E-state index in [2.05, 4.69) is 31.2 Å². The van der Waals surface area contributed by atoms with Crippen molar-refractivity contribution in [2.45, 2.75) is 63.6 Å². The van der Waals surface area contributed by atoms with Crippen LogP contribution >= 0.6 is 0 Å². The highest BCUT2D eigenvalue weighted by Crippen LogP contribution is 2.35. The lowest BCUT2D eigenvalue weighted by Crippen LogP contribution is -2.51. The van der Waals surface area contributed by atoms with Gasteiger partial charge in [-0.2, -0.15) is 0 Å². The highest BCUT2D eigenvalue weighted by Gasteiger charge is 2.37. The van der Waals surface area contributed by atoms with Crippen LogP contribution in [0, 0.1) is 5.92 Å². The predicted molar refractivity (Wildman–Crippen MR) is 65.1 cm³/mol. The van der Waals surface area contributed by atoms with Crippen molar-refractivity contribution in [1.29, 1.82) is 0 Å². The van der Waals surface area contributed by atoms with Crippen molar-refractivity contribution in [3.05, 3.63) is 0 Å². The second-order valence-corrected chi connectivity index (χ2v) is 5.45. The van der Waals surface area contributed by atoms with Crippen LogP contribution in [0.3, 0.4) is 0 Å². The van der Waals surface area contributed by atoms with Gasteiger partial charge < -0.3 is 5.32 Å². The van der Waals surface area contributed by atoms with Gasteiger partial charge in [0, 0.05) is 18.1 Å². The molecule has 0 saturated heterocycles. The normalized spacial score (nSPS) is 37.2. The lowest BCUT2D eigenvalue weighted by Gasteiger charge is -2.41. The zero-order valence-corrected chi connectivity index (χ0v) is 10.5. The van der Waals surface area contributed by atoms with E-state index >= 15 is 0 Å². The summed E-state index contributed by atoms with van der Waals surface area (Å²) in [6.07, 6.45) is 8.44. The number of nitrogens with one attached hydrogen (secondary N) is 1. The van der Waals surface area contributed by atoms with Crippen LogP contribution in [0.5, 0.6) is 0 Å². The van der Waals surface area contributed by atoms with Gasteiger partial charge in [0.1, 0.15) is 0 Å². The molecule has 2 aliphatic carbocycles. The first-order valence-electron chi connectivity index (χ1n) is 6.65. The van der Waals surface area contributed by atoms with Gasteiger partial charge in [-0.25, -0.2) is 0 Å². The molecule has 3 unspecified atom stereocenters. The van der Waals surface area contributed by atoms with Crippen molar-refractivity contribution in [3.63, 3.8) is 0 Å². The van der Waals surface area contributed by atoms with Crippen LogP contribution in [0.15, 0.2) is 0 Å². The molecule has 2 saturated carbocycles. The number of hydrogen-bond acceptors (Lipinski definition) is 2. The third-order valence-electron chi connectivity index (χ3n) is 4.52. The molecule has 2 nitrogen and oxygen atoms in total. The fourth-order valence-corrected chi connectivity index (χ4v) is 3.14. The van der Waals surface area contributed by atoms with Crippen LogP contribution in [0.25, 0.3) is 0 Å². The fraction of sp³-hybridized carbons (Fsp3) is 1.00. The molecule has 1 N–H and O–H groups in total. The topological polar surface area (TPSA) is 15.3 Å². The zero-order chi connectivity index (χ0) is 10.8. The second kappa shape index (κ2) is 4.84. The van der Waals surface area contributed by atoms with Gasteiger partial charge >= 0.3 is 0 Å². The Morgan fingerprint density at radius 1 is 1.20 bits per heavy atom. The van der Waals surface area contributed by atoms with Crippen molar-refractivity contribution in [3.8, 4) is 0 Å². The lowest BCUT2D eigenvalue weighted by molar-refractivity contribution is 0.115. The molecular formula is C13H26N2. The molecule has 2 heteroatoms. The van der Waals surface area contributed by atoms with E-state index in [0.717, 1.165) is 24.0 Å². The fourth-order valence-electron chi connectivity index (χ4n) is 3.14. The maximum absolute atomic E-state index is 3.52. The Kier molecular flexibility index (Phi) is 3.68. The van der Waals surface area contributed by atoms with Gasteiger partial charge in [0.2, 0.25) is 0 Å². The highest BCUT2D eigenvalue weighted by molar-refractivity contribution is 4.95. The minimum atomic E-state index is 0.735. The van der Waals surface area contributed by atoms with Crippen LogP contribution in [0.1, 0.15) is 45.4 Å². The summed E-state index contributed by atoms with van der Waals surface area (Å²) in [6, 6.07) is 2.43. The molecular weight excluding hydrogens is 184 g/mol. The van der Waals surface area contributed by atoms with Gasteiger partial charge in [-0.1, -0.05) is 13.3 Å². The summed E-state index contributed by atoms with van der Waals surface area (Å²) in [5.74, 6) is 0.973. The summed E-state index contributed by atoms with van der Waals surface area (Å²) in [5.41, 5.74) is 0. The molecule has 0 aromatic rings. The molecule has 0 aromatic carbocycles. The Labute approximate surface area is 94.4 Å². The molecule has 88 valence electrons. The van der Waals surface area contributed by atoms with E-state index in [1.807, 2.05) is 0 Å². The monoisotopic (exact) mass is 210 g/mol. The average molecular weight is 210 g/mol. The van der Waals surface area contributed by atoms with E-state index < -0.39 is 0 Å². The summed E-state index contributed by atoms with van der Waals surface area (Å²) in [5, 5.41) is 3.52. The van der Waals surface area contributed by atoms with Crippen LogP contribution in [-0.2, 0) is 0 Å². The molecule has 2 rings (SSSR count). The summed E-state index contributed by atoms with van der Waals surface area (Å²) in [7, 11) is 4.47. The molecule has 0 aromatic heterocycles. The Morgan fingerprint density at radius 2 is 1.93 bits per heavy atom. The molecule has 0 radical (unpaired) electrons. The molecule has 2 fully saturated rings. The van der Waals surface area contributed by atoms with E-state index in [1.165, 1.54) is 38.5 Å². The van der Waals surface area contributed by atoms with Gasteiger partial charge in [0.25, 0.3) is 0 Å².